The van der Waals surface area contributed by atoms with Gasteiger partial charge in [-0.1, -0.05) is 18.1 Å². The lowest BCUT2D eigenvalue weighted by atomic mass is 10.2. The van der Waals surface area contributed by atoms with Crippen molar-refractivity contribution in [2.24, 2.45) is 5.73 Å². The number of pyridine rings is 1. The Labute approximate surface area is 190 Å². The summed E-state index contributed by atoms with van der Waals surface area (Å²) in [5, 5.41) is 4.89. The molecule has 0 amide bonds. The maximum atomic E-state index is 5.89. The van der Waals surface area contributed by atoms with Crippen molar-refractivity contribution >= 4 is 28.7 Å². The number of nitrogens with one attached hydrogen (secondary N) is 1. The maximum absolute atomic E-state index is 5.89. The van der Waals surface area contributed by atoms with E-state index in [0.717, 1.165) is 22.6 Å². The van der Waals surface area contributed by atoms with Gasteiger partial charge in [0.2, 0.25) is 5.88 Å². The Morgan fingerprint density at radius 3 is 2.62 bits per heavy atom. The summed E-state index contributed by atoms with van der Waals surface area (Å²) >= 11 is 1.40. The summed E-state index contributed by atoms with van der Waals surface area (Å²) in [6, 6.07) is 13.2. The lowest BCUT2D eigenvalue weighted by molar-refractivity contribution is 0.404. The normalized spacial score (nSPS) is 10.9. The number of aromatic nitrogens is 2. The number of nitrogens with two attached hydrogens (primary N) is 1. The van der Waals surface area contributed by atoms with Crippen LogP contribution in [0.3, 0.4) is 0 Å². The van der Waals surface area contributed by atoms with Crippen molar-refractivity contribution in [2.45, 2.75) is 24.8 Å². The number of benzene rings is 2. The topological polar surface area (TPSA) is 105 Å². The Morgan fingerprint density at radius 1 is 1.03 bits per heavy atom. The van der Waals surface area contributed by atoms with Crippen LogP contribution in [-0.2, 0) is 13.0 Å². The van der Waals surface area contributed by atoms with Crippen LogP contribution in [0, 0.1) is 0 Å². The molecule has 3 N–H and O–H groups in total. The Balaban J connectivity index is 1.60. The van der Waals surface area contributed by atoms with E-state index in [0.29, 0.717) is 40.7 Å². The first-order valence-corrected chi connectivity index (χ1v) is 10.9. The molecule has 0 saturated heterocycles. The van der Waals surface area contributed by atoms with E-state index in [1.165, 1.54) is 17.5 Å². The fraction of sp³-hybridized carbons (Fsp3) is 0.217. The van der Waals surface area contributed by atoms with Crippen molar-refractivity contribution in [1.82, 2.24) is 10.1 Å². The molecule has 8 nitrogen and oxygen atoms in total. The highest BCUT2D eigenvalue weighted by Gasteiger charge is 2.17. The van der Waals surface area contributed by atoms with Crippen molar-refractivity contribution in [3.8, 4) is 23.1 Å². The van der Waals surface area contributed by atoms with Crippen molar-refractivity contribution in [3.63, 3.8) is 0 Å². The lowest BCUT2D eigenvalue weighted by Gasteiger charge is -2.11. The molecular formula is C23H24N4O4S. The standard InChI is InChI=1S/C23H24N4O4S/c1-4-14-5-6-17(28-2)20(9-14)32-27-23-22-18(29-3)11-16(12-19(22)31-26-23)30-21-10-15(13-24)7-8-25-21/h5-12H,4,13,24H2,1-3H3,(H,26,27). The van der Waals surface area contributed by atoms with Gasteiger partial charge in [0.15, 0.2) is 11.4 Å². The van der Waals surface area contributed by atoms with Crippen LogP contribution in [0.4, 0.5) is 5.82 Å². The molecule has 0 saturated carbocycles. The van der Waals surface area contributed by atoms with Gasteiger partial charge in [-0.15, -0.1) is 0 Å². The van der Waals surface area contributed by atoms with Crippen LogP contribution in [0.5, 0.6) is 23.1 Å². The summed E-state index contributed by atoms with van der Waals surface area (Å²) in [6.07, 6.45) is 2.59. The average Bonchev–Trinajstić information content (AvgIpc) is 3.25. The number of ether oxygens (including phenoxy) is 3. The molecule has 0 atom stereocenters. The average molecular weight is 453 g/mol. The smallest absolute Gasteiger partial charge is 0.219 e. The number of hydrogen-bond donors (Lipinski definition) is 2. The quantitative estimate of drug-likeness (QED) is 0.333. The summed E-state index contributed by atoms with van der Waals surface area (Å²) in [4.78, 5) is 5.18. The first-order valence-electron chi connectivity index (χ1n) is 10.0. The number of nitrogens with zero attached hydrogens (tertiary/aromatic N) is 2. The second-order valence-corrected chi connectivity index (χ2v) is 7.73. The van der Waals surface area contributed by atoms with Crippen LogP contribution < -0.4 is 24.7 Å². The zero-order valence-corrected chi connectivity index (χ0v) is 18.9. The van der Waals surface area contributed by atoms with Crippen LogP contribution in [0.25, 0.3) is 11.0 Å². The van der Waals surface area contributed by atoms with E-state index in [4.69, 9.17) is 24.5 Å². The molecule has 0 radical (unpaired) electrons. The fourth-order valence-electron chi connectivity index (χ4n) is 3.18. The van der Waals surface area contributed by atoms with Gasteiger partial charge in [0.05, 0.1) is 19.1 Å². The zero-order valence-electron chi connectivity index (χ0n) is 18.0. The summed E-state index contributed by atoms with van der Waals surface area (Å²) in [5.74, 6) is 2.84. The fourth-order valence-corrected chi connectivity index (χ4v) is 3.99. The second kappa shape index (κ2) is 9.80. The third kappa shape index (κ3) is 4.58. The Kier molecular flexibility index (Phi) is 6.67. The van der Waals surface area contributed by atoms with Gasteiger partial charge in [0.25, 0.3) is 0 Å². The molecule has 2 aromatic carbocycles. The van der Waals surface area contributed by atoms with E-state index >= 15 is 0 Å². The molecule has 0 spiro atoms. The highest BCUT2D eigenvalue weighted by Crippen LogP contribution is 2.39. The van der Waals surface area contributed by atoms with Gasteiger partial charge in [-0.25, -0.2) is 4.98 Å². The molecule has 0 fully saturated rings. The summed E-state index contributed by atoms with van der Waals surface area (Å²) in [6.45, 7) is 2.52. The highest BCUT2D eigenvalue weighted by atomic mass is 32.2. The van der Waals surface area contributed by atoms with Gasteiger partial charge in [-0.2, -0.15) is 0 Å². The minimum atomic E-state index is 0.405. The number of fused-ring (bicyclic) bond motifs is 1. The van der Waals surface area contributed by atoms with Gasteiger partial charge in [-0.05, 0) is 47.7 Å². The number of rotatable bonds is 9. The molecule has 4 rings (SSSR count). The molecule has 2 heterocycles. The molecular weight excluding hydrogens is 428 g/mol. The molecule has 32 heavy (non-hydrogen) atoms. The molecule has 0 aliphatic carbocycles. The minimum Gasteiger partial charge on any atom is -0.496 e. The summed E-state index contributed by atoms with van der Waals surface area (Å²) in [7, 11) is 3.24. The first-order chi connectivity index (χ1) is 15.6. The third-order valence-electron chi connectivity index (χ3n) is 4.88. The maximum Gasteiger partial charge on any atom is 0.219 e. The zero-order chi connectivity index (χ0) is 22.5. The summed E-state index contributed by atoms with van der Waals surface area (Å²) in [5.41, 5.74) is 8.36. The molecule has 2 aromatic heterocycles. The van der Waals surface area contributed by atoms with E-state index in [-0.39, 0.29) is 0 Å². The van der Waals surface area contributed by atoms with Crippen molar-refractivity contribution in [2.75, 3.05) is 18.9 Å². The molecule has 0 aliphatic rings. The lowest BCUT2D eigenvalue weighted by Crippen LogP contribution is -1.97. The van der Waals surface area contributed by atoms with Gasteiger partial charge >= 0.3 is 0 Å². The van der Waals surface area contributed by atoms with Gasteiger partial charge in [-0.3, -0.25) is 0 Å². The van der Waals surface area contributed by atoms with Gasteiger partial charge in [0, 0.05) is 30.9 Å². The van der Waals surface area contributed by atoms with E-state index in [2.05, 4.69) is 33.9 Å². The molecule has 4 aromatic rings. The van der Waals surface area contributed by atoms with E-state index in [1.807, 2.05) is 12.1 Å². The summed E-state index contributed by atoms with van der Waals surface area (Å²) < 4.78 is 25.8. The minimum absolute atomic E-state index is 0.405. The Morgan fingerprint density at radius 2 is 1.88 bits per heavy atom. The highest BCUT2D eigenvalue weighted by molar-refractivity contribution is 8.00. The number of aryl methyl sites for hydroxylation is 1. The third-order valence-corrected chi connectivity index (χ3v) is 5.72. The van der Waals surface area contributed by atoms with Crippen molar-refractivity contribution in [3.05, 3.63) is 59.8 Å². The monoisotopic (exact) mass is 452 g/mol. The van der Waals surface area contributed by atoms with Crippen molar-refractivity contribution < 1.29 is 18.7 Å². The molecule has 166 valence electrons. The van der Waals surface area contributed by atoms with E-state index in [9.17, 15) is 0 Å². The van der Waals surface area contributed by atoms with E-state index in [1.54, 1.807) is 38.6 Å². The van der Waals surface area contributed by atoms with Crippen LogP contribution in [-0.4, -0.2) is 24.4 Å². The SMILES string of the molecule is CCc1ccc(OC)c(SNc2noc3cc(Oc4cc(CN)ccn4)cc(OC)c23)c1. The van der Waals surface area contributed by atoms with Crippen LogP contribution in [0.15, 0.2) is 58.1 Å². The van der Waals surface area contributed by atoms with Gasteiger partial charge in [0.1, 0.15) is 22.6 Å². The second-order valence-electron chi connectivity index (χ2n) is 6.88. The Hall–Kier alpha value is -3.43. The van der Waals surface area contributed by atoms with Crippen molar-refractivity contribution in [1.29, 1.82) is 0 Å². The van der Waals surface area contributed by atoms with Crippen LogP contribution in [0.2, 0.25) is 0 Å². The molecule has 0 unspecified atom stereocenters. The van der Waals surface area contributed by atoms with Crippen LogP contribution >= 0.6 is 11.9 Å². The number of methoxy groups -OCH3 is 2. The predicted octanol–water partition coefficient (Wildman–Crippen LogP) is 5.17. The molecule has 0 aliphatic heterocycles. The molecule has 0 bridgehead atoms. The number of anilines is 1. The number of hydrogen-bond acceptors (Lipinski definition) is 9. The Bertz CT molecular complexity index is 1230. The molecule has 9 heteroatoms. The van der Waals surface area contributed by atoms with Gasteiger partial charge < -0.3 is 29.2 Å². The predicted molar refractivity (Wildman–Crippen MR) is 125 cm³/mol. The largest absolute Gasteiger partial charge is 0.496 e. The van der Waals surface area contributed by atoms with E-state index < -0.39 is 0 Å². The van der Waals surface area contributed by atoms with Crippen LogP contribution in [0.1, 0.15) is 18.1 Å². The first kappa shape index (κ1) is 21.8.